The molecule has 0 aliphatic carbocycles. The third-order valence-electron chi connectivity index (χ3n) is 0.850. The standard InChI is InChI=1S/C6H6O2.Pb/c7-5-1-2-6(8)4-3-5;/h1-4,7-8H;. The van der Waals surface area contributed by atoms with Crippen molar-refractivity contribution in [3.8, 4) is 11.5 Å². The van der Waals surface area contributed by atoms with Gasteiger partial charge >= 0.3 is 0 Å². The smallest absolute Gasteiger partial charge is 0.115 e. The van der Waals surface area contributed by atoms with Gasteiger partial charge in [0.15, 0.2) is 0 Å². The van der Waals surface area contributed by atoms with Gasteiger partial charge in [-0.2, -0.15) is 0 Å². The molecule has 9 heavy (non-hydrogen) atoms. The van der Waals surface area contributed by atoms with E-state index in [2.05, 4.69) is 0 Å². The minimum Gasteiger partial charge on any atom is -0.508 e. The van der Waals surface area contributed by atoms with E-state index >= 15 is 0 Å². The van der Waals surface area contributed by atoms with Crippen LogP contribution in [0.3, 0.4) is 0 Å². The van der Waals surface area contributed by atoms with Crippen LogP contribution in [0.1, 0.15) is 0 Å². The zero-order chi connectivity index (χ0) is 5.98. The van der Waals surface area contributed by atoms with Crippen molar-refractivity contribution in [2.24, 2.45) is 0 Å². The van der Waals surface area contributed by atoms with Crippen LogP contribution in [0.5, 0.6) is 11.5 Å². The molecular formula is C6H6O2Pb. The van der Waals surface area contributed by atoms with Crippen LogP contribution >= 0.6 is 0 Å². The molecule has 0 bridgehead atoms. The number of phenolic OH excluding ortho intramolecular Hbond substituents is 2. The Balaban J connectivity index is 0.000000640. The van der Waals surface area contributed by atoms with Gasteiger partial charge in [0.05, 0.1) is 0 Å². The first kappa shape index (κ1) is 8.74. The molecule has 46 valence electrons. The first-order valence-electron chi connectivity index (χ1n) is 2.27. The summed E-state index contributed by atoms with van der Waals surface area (Å²) in [6.45, 7) is 0. The van der Waals surface area contributed by atoms with Crippen LogP contribution in [-0.4, -0.2) is 37.5 Å². The van der Waals surface area contributed by atoms with Gasteiger partial charge in [-0.15, -0.1) is 0 Å². The van der Waals surface area contributed by atoms with E-state index in [0.29, 0.717) is 0 Å². The minimum atomic E-state index is 0. The van der Waals surface area contributed by atoms with Crippen molar-refractivity contribution in [2.45, 2.75) is 0 Å². The van der Waals surface area contributed by atoms with Crippen LogP contribution in [0.25, 0.3) is 0 Å². The van der Waals surface area contributed by atoms with E-state index in [0.717, 1.165) is 0 Å². The van der Waals surface area contributed by atoms with Crippen molar-refractivity contribution < 1.29 is 10.2 Å². The second-order valence-electron chi connectivity index (χ2n) is 1.52. The summed E-state index contributed by atoms with van der Waals surface area (Å²) in [4.78, 5) is 0. The van der Waals surface area contributed by atoms with Crippen LogP contribution < -0.4 is 0 Å². The van der Waals surface area contributed by atoms with Crippen LogP contribution in [0.2, 0.25) is 0 Å². The van der Waals surface area contributed by atoms with Crippen LogP contribution in [-0.2, 0) is 0 Å². The Labute approximate surface area is 73.3 Å². The van der Waals surface area contributed by atoms with Gasteiger partial charge in [-0.05, 0) is 24.3 Å². The van der Waals surface area contributed by atoms with Crippen molar-refractivity contribution in [3.63, 3.8) is 0 Å². The second-order valence-corrected chi connectivity index (χ2v) is 1.52. The van der Waals surface area contributed by atoms with E-state index in [4.69, 9.17) is 10.2 Å². The normalized spacial score (nSPS) is 8.00. The molecule has 0 heterocycles. The topological polar surface area (TPSA) is 40.5 Å². The monoisotopic (exact) mass is 318 g/mol. The van der Waals surface area contributed by atoms with Gasteiger partial charge in [0.2, 0.25) is 0 Å². The van der Waals surface area contributed by atoms with Gasteiger partial charge in [-0.3, -0.25) is 0 Å². The Morgan fingerprint density at radius 3 is 1.22 bits per heavy atom. The quantitative estimate of drug-likeness (QED) is 0.547. The third-order valence-corrected chi connectivity index (χ3v) is 0.850. The average Bonchev–Trinajstić information content (AvgIpc) is 1.77. The third kappa shape index (κ3) is 2.69. The minimum absolute atomic E-state index is 0. The molecule has 0 saturated heterocycles. The molecule has 0 saturated carbocycles. The molecule has 4 radical (unpaired) electrons. The second kappa shape index (κ2) is 3.71. The number of hydrogen-bond acceptors (Lipinski definition) is 2. The summed E-state index contributed by atoms with van der Waals surface area (Å²) in [7, 11) is 0. The number of rotatable bonds is 0. The maximum Gasteiger partial charge on any atom is 0.115 e. The summed E-state index contributed by atoms with van der Waals surface area (Å²) >= 11 is 0. The predicted octanol–water partition coefficient (Wildman–Crippen LogP) is 0.717. The molecular weight excluding hydrogens is 311 g/mol. The fourth-order valence-electron chi connectivity index (χ4n) is 0.453. The Kier molecular flexibility index (Phi) is 3.60. The molecule has 0 aliphatic heterocycles. The van der Waals surface area contributed by atoms with Gasteiger partial charge in [-0.25, -0.2) is 0 Å². The van der Waals surface area contributed by atoms with Crippen molar-refractivity contribution >= 4 is 27.3 Å². The predicted molar refractivity (Wildman–Crippen MR) is 35.5 cm³/mol. The molecule has 1 aromatic rings. The summed E-state index contributed by atoms with van der Waals surface area (Å²) in [6, 6.07) is 5.70. The number of phenols is 2. The van der Waals surface area contributed by atoms with Crippen molar-refractivity contribution in [1.29, 1.82) is 0 Å². The average molecular weight is 317 g/mol. The maximum atomic E-state index is 8.65. The summed E-state index contributed by atoms with van der Waals surface area (Å²) < 4.78 is 0. The zero-order valence-corrected chi connectivity index (χ0v) is 8.59. The van der Waals surface area contributed by atoms with Crippen LogP contribution in [0.15, 0.2) is 24.3 Å². The molecule has 2 N–H and O–H groups in total. The number of aromatic hydroxyl groups is 2. The van der Waals surface area contributed by atoms with Gasteiger partial charge in [0, 0.05) is 27.3 Å². The van der Waals surface area contributed by atoms with Crippen molar-refractivity contribution in [1.82, 2.24) is 0 Å². The van der Waals surface area contributed by atoms with E-state index in [1.807, 2.05) is 0 Å². The van der Waals surface area contributed by atoms with Gasteiger partial charge < -0.3 is 10.2 Å². The fourth-order valence-corrected chi connectivity index (χ4v) is 0.453. The molecule has 0 atom stereocenters. The molecule has 0 unspecified atom stereocenters. The summed E-state index contributed by atoms with van der Waals surface area (Å²) in [5, 5.41) is 17.3. The van der Waals surface area contributed by atoms with Crippen molar-refractivity contribution in [2.75, 3.05) is 0 Å². The van der Waals surface area contributed by atoms with E-state index < -0.39 is 0 Å². The van der Waals surface area contributed by atoms with E-state index in [1.54, 1.807) is 0 Å². The molecule has 1 rings (SSSR count). The number of benzene rings is 1. The first-order valence-corrected chi connectivity index (χ1v) is 2.27. The van der Waals surface area contributed by atoms with E-state index in [1.165, 1.54) is 24.3 Å². The Morgan fingerprint density at radius 2 is 1.00 bits per heavy atom. The molecule has 2 nitrogen and oxygen atoms in total. The molecule has 0 fully saturated rings. The molecule has 0 spiro atoms. The van der Waals surface area contributed by atoms with Crippen LogP contribution in [0.4, 0.5) is 0 Å². The van der Waals surface area contributed by atoms with Gasteiger partial charge in [0.25, 0.3) is 0 Å². The molecule has 3 heteroatoms. The first-order chi connectivity index (χ1) is 3.79. The van der Waals surface area contributed by atoms with Gasteiger partial charge in [-0.1, -0.05) is 0 Å². The summed E-state index contributed by atoms with van der Waals surface area (Å²) in [6.07, 6.45) is 0. The Hall–Kier alpha value is -0.258. The SMILES string of the molecule is Oc1ccc(O)cc1.[Pb]. The maximum absolute atomic E-state index is 8.65. The van der Waals surface area contributed by atoms with E-state index in [-0.39, 0.29) is 38.8 Å². The Bertz CT molecular complexity index is 150. The van der Waals surface area contributed by atoms with E-state index in [9.17, 15) is 0 Å². The van der Waals surface area contributed by atoms with Crippen LogP contribution in [0, 0.1) is 0 Å². The zero-order valence-electron chi connectivity index (χ0n) is 4.70. The molecule has 1 aromatic carbocycles. The molecule has 0 amide bonds. The fraction of sp³-hybridized carbons (Fsp3) is 0. The summed E-state index contributed by atoms with van der Waals surface area (Å²) in [5.41, 5.74) is 0. The Morgan fingerprint density at radius 1 is 0.778 bits per heavy atom. The largest absolute Gasteiger partial charge is 0.508 e. The number of hydrogen-bond donors (Lipinski definition) is 2. The van der Waals surface area contributed by atoms with Gasteiger partial charge in [0.1, 0.15) is 11.5 Å². The molecule has 0 aromatic heterocycles. The summed E-state index contributed by atoms with van der Waals surface area (Å²) in [5.74, 6) is 0.339. The van der Waals surface area contributed by atoms with Crippen molar-refractivity contribution in [3.05, 3.63) is 24.3 Å². The molecule has 0 aliphatic rings.